The van der Waals surface area contributed by atoms with Gasteiger partial charge >= 0.3 is 5.56 Å². The number of halogens is 3. The largest absolute Gasteiger partial charge is 0.491 e. The second kappa shape index (κ2) is 9.13. The number of nitrogens with zero attached hydrogens (tertiary/aromatic N) is 2. The standard InChI is InChI=1S/C21H20ClF2N3O3/c1-4-30-18-9-17(12(2)7-16(18)24)25-21-26-20(28)19(29-3)11-27(21)10-13-5-6-15(23)14(22)8-13/h5-9,11H,4,10H2,1-3H3,(H,25,26,28). The van der Waals surface area contributed by atoms with Gasteiger partial charge in [0.25, 0.3) is 0 Å². The molecule has 0 bridgehead atoms. The summed E-state index contributed by atoms with van der Waals surface area (Å²) < 4.78 is 39.6. The van der Waals surface area contributed by atoms with Crippen LogP contribution < -0.4 is 20.3 Å². The molecule has 1 N–H and O–H groups in total. The number of ether oxygens (including phenoxy) is 2. The van der Waals surface area contributed by atoms with Crippen LogP contribution in [0.4, 0.5) is 20.4 Å². The van der Waals surface area contributed by atoms with Crippen molar-refractivity contribution in [2.24, 2.45) is 0 Å². The van der Waals surface area contributed by atoms with Crippen molar-refractivity contribution in [3.05, 3.63) is 74.7 Å². The van der Waals surface area contributed by atoms with Gasteiger partial charge in [0.15, 0.2) is 11.6 Å². The normalized spacial score (nSPS) is 10.7. The summed E-state index contributed by atoms with van der Waals surface area (Å²) in [4.78, 5) is 16.3. The first kappa shape index (κ1) is 21.6. The van der Waals surface area contributed by atoms with Crippen LogP contribution in [-0.2, 0) is 6.54 Å². The van der Waals surface area contributed by atoms with E-state index in [0.717, 1.165) is 0 Å². The Morgan fingerprint density at radius 3 is 2.60 bits per heavy atom. The van der Waals surface area contributed by atoms with Gasteiger partial charge in [0.1, 0.15) is 5.82 Å². The number of aromatic nitrogens is 2. The zero-order valence-corrected chi connectivity index (χ0v) is 17.4. The van der Waals surface area contributed by atoms with E-state index >= 15 is 0 Å². The molecule has 3 aromatic rings. The Morgan fingerprint density at radius 1 is 1.17 bits per heavy atom. The first-order valence-corrected chi connectivity index (χ1v) is 9.49. The van der Waals surface area contributed by atoms with Crippen LogP contribution in [0.25, 0.3) is 0 Å². The number of nitrogens with one attached hydrogen (secondary N) is 1. The van der Waals surface area contributed by atoms with E-state index in [2.05, 4.69) is 10.3 Å². The van der Waals surface area contributed by atoms with E-state index in [-0.39, 0.29) is 29.0 Å². The minimum absolute atomic E-state index is 0.0151. The highest BCUT2D eigenvalue weighted by Crippen LogP contribution is 2.28. The van der Waals surface area contributed by atoms with Gasteiger partial charge in [0.05, 0.1) is 31.5 Å². The lowest BCUT2D eigenvalue weighted by molar-refractivity contribution is 0.321. The second-order valence-corrected chi connectivity index (χ2v) is 6.88. The first-order chi connectivity index (χ1) is 14.3. The molecule has 0 aliphatic heterocycles. The average Bonchev–Trinajstić information content (AvgIpc) is 2.70. The van der Waals surface area contributed by atoms with E-state index in [1.807, 2.05) is 0 Å². The number of anilines is 2. The fraction of sp³-hybridized carbons (Fsp3) is 0.238. The lowest BCUT2D eigenvalue weighted by Crippen LogP contribution is -2.19. The molecule has 158 valence electrons. The Balaban J connectivity index is 2.03. The Hall–Kier alpha value is -3.13. The van der Waals surface area contributed by atoms with Crippen LogP contribution in [0, 0.1) is 18.6 Å². The van der Waals surface area contributed by atoms with Crippen molar-refractivity contribution >= 4 is 23.2 Å². The van der Waals surface area contributed by atoms with Crippen LogP contribution in [0.2, 0.25) is 5.02 Å². The van der Waals surface area contributed by atoms with Gasteiger partial charge in [-0.1, -0.05) is 17.7 Å². The highest BCUT2D eigenvalue weighted by atomic mass is 35.5. The smallest absolute Gasteiger partial charge is 0.316 e. The Morgan fingerprint density at radius 2 is 1.93 bits per heavy atom. The molecule has 2 aromatic carbocycles. The SMILES string of the molecule is CCOc1cc(Nc2nc(=O)c(OC)cn2Cc2ccc(F)c(Cl)c2)c(C)cc1F. The number of aryl methyl sites for hydroxylation is 1. The van der Waals surface area contributed by atoms with Crippen molar-refractivity contribution in [1.82, 2.24) is 9.55 Å². The maximum atomic E-state index is 14.1. The van der Waals surface area contributed by atoms with Crippen molar-refractivity contribution in [2.75, 3.05) is 19.0 Å². The molecular formula is C21H20ClF2N3O3. The van der Waals surface area contributed by atoms with Crippen molar-refractivity contribution in [2.45, 2.75) is 20.4 Å². The fourth-order valence-electron chi connectivity index (χ4n) is 2.84. The summed E-state index contributed by atoms with van der Waals surface area (Å²) >= 11 is 5.88. The summed E-state index contributed by atoms with van der Waals surface area (Å²) in [5.74, 6) is -0.697. The monoisotopic (exact) mass is 435 g/mol. The fourth-order valence-corrected chi connectivity index (χ4v) is 3.05. The molecular weight excluding hydrogens is 416 g/mol. The minimum atomic E-state index is -0.571. The lowest BCUT2D eigenvalue weighted by Gasteiger charge is -2.17. The predicted octanol–water partition coefficient (Wildman–Crippen LogP) is 4.68. The van der Waals surface area contributed by atoms with Crippen molar-refractivity contribution in [3.8, 4) is 11.5 Å². The maximum Gasteiger partial charge on any atom is 0.316 e. The van der Waals surface area contributed by atoms with Gasteiger partial charge in [0.2, 0.25) is 11.7 Å². The van der Waals surface area contributed by atoms with Gasteiger partial charge in [-0.2, -0.15) is 4.98 Å². The zero-order valence-electron chi connectivity index (χ0n) is 16.6. The van der Waals surface area contributed by atoms with Crippen LogP contribution in [0.15, 0.2) is 41.3 Å². The molecule has 3 rings (SSSR count). The molecule has 0 atom stereocenters. The molecule has 1 heterocycles. The Bertz CT molecular complexity index is 1140. The molecule has 0 spiro atoms. The summed E-state index contributed by atoms with van der Waals surface area (Å²) in [6, 6.07) is 7.16. The van der Waals surface area contributed by atoms with E-state index in [0.29, 0.717) is 23.4 Å². The third-order valence-corrected chi connectivity index (χ3v) is 4.64. The average molecular weight is 436 g/mol. The van der Waals surface area contributed by atoms with Gasteiger partial charge < -0.3 is 19.4 Å². The first-order valence-electron chi connectivity index (χ1n) is 9.11. The van der Waals surface area contributed by atoms with Crippen molar-refractivity contribution < 1.29 is 18.3 Å². The molecule has 6 nitrogen and oxygen atoms in total. The molecule has 0 radical (unpaired) electrons. The lowest BCUT2D eigenvalue weighted by atomic mass is 10.2. The molecule has 0 aliphatic rings. The number of rotatable bonds is 7. The van der Waals surface area contributed by atoms with E-state index in [4.69, 9.17) is 21.1 Å². The zero-order chi connectivity index (χ0) is 21.8. The highest BCUT2D eigenvalue weighted by molar-refractivity contribution is 6.30. The molecule has 0 unspecified atom stereocenters. The molecule has 1 aromatic heterocycles. The summed E-state index contributed by atoms with van der Waals surface area (Å²) in [6.45, 7) is 4.00. The van der Waals surface area contributed by atoms with Crippen LogP contribution >= 0.6 is 11.6 Å². The van der Waals surface area contributed by atoms with Gasteiger partial charge in [-0.3, -0.25) is 4.79 Å². The Labute approximate surface area is 177 Å². The van der Waals surface area contributed by atoms with Gasteiger partial charge in [0, 0.05) is 11.8 Å². The van der Waals surface area contributed by atoms with E-state index in [1.54, 1.807) is 24.5 Å². The van der Waals surface area contributed by atoms with Crippen LogP contribution in [0.3, 0.4) is 0 Å². The minimum Gasteiger partial charge on any atom is -0.491 e. The molecule has 30 heavy (non-hydrogen) atoms. The molecule has 0 saturated heterocycles. The molecule has 0 saturated carbocycles. The molecule has 0 fully saturated rings. The summed E-state index contributed by atoms with van der Waals surface area (Å²) in [6.07, 6.45) is 1.48. The summed E-state index contributed by atoms with van der Waals surface area (Å²) in [7, 11) is 1.36. The molecule has 0 aliphatic carbocycles. The Kier molecular flexibility index (Phi) is 6.56. The van der Waals surface area contributed by atoms with E-state index < -0.39 is 17.2 Å². The highest BCUT2D eigenvalue weighted by Gasteiger charge is 2.14. The van der Waals surface area contributed by atoms with Gasteiger partial charge in [-0.25, -0.2) is 8.78 Å². The van der Waals surface area contributed by atoms with E-state index in [1.165, 1.54) is 37.6 Å². The van der Waals surface area contributed by atoms with Gasteiger partial charge in [-0.05, 0) is 43.2 Å². The summed E-state index contributed by atoms with van der Waals surface area (Å²) in [5, 5.41) is 3.03. The topological polar surface area (TPSA) is 65.4 Å². The molecule has 0 amide bonds. The number of hydrogen-bond donors (Lipinski definition) is 1. The van der Waals surface area contributed by atoms with Crippen LogP contribution in [0.1, 0.15) is 18.1 Å². The maximum absolute atomic E-state index is 14.1. The predicted molar refractivity (Wildman–Crippen MR) is 111 cm³/mol. The van der Waals surface area contributed by atoms with E-state index in [9.17, 15) is 13.6 Å². The molecule has 9 heteroatoms. The van der Waals surface area contributed by atoms with Crippen molar-refractivity contribution in [3.63, 3.8) is 0 Å². The third kappa shape index (κ3) is 4.71. The summed E-state index contributed by atoms with van der Waals surface area (Å²) in [5.41, 5.74) is 1.22. The number of methoxy groups -OCH3 is 1. The van der Waals surface area contributed by atoms with Crippen molar-refractivity contribution in [1.29, 1.82) is 0 Å². The van der Waals surface area contributed by atoms with Gasteiger partial charge in [-0.15, -0.1) is 0 Å². The van der Waals surface area contributed by atoms with Crippen LogP contribution in [0.5, 0.6) is 11.5 Å². The second-order valence-electron chi connectivity index (χ2n) is 6.47. The quantitative estimate of drug-likeness (QED) is 0.583. The van der Waals surface area contributed by atoms with Crippen LogP contribution in [-0.4, -0.2) is 23.3 Å². The number of hydrogen-bond acceptors (Lipinski definition) is 5. The number of benzene rings is 2. The third-order valence-electron chi connectivity index (χ3n) is 4.35.